The van der Waals surface area contributed by atoms with E-state index in [1.807, 2.05) is 0 Å². The summed E-state index contributed by atoms with van der Waals surface area (Å²) in [5, 5.41) is 64.2. The number of rotatable bonds is 28. The lowest BCUT2D eigenvalue weighted by Crippen LogP contribution is -2.60. The van der Waals surface area contributed by atoms with Gasteiger partial charge < -0.3 is 45.4 Å². The predicted octanol–water partition coefficient (Wildman–Crippen LogP) is 4.41. The second-order valence-corrected chi connectivity index (χ2v) is 12.8. The number of nitrogens with one attached hydrogen (secondary N) is 1. The minimum absolute atomic E-state index is 0.259. The average Bonchev–Trinajstić information content (AvgIpc) is 3.04. The predicted molar refractivity (Wildman–Crippen MR) is 176 cm³/mol. The number of carbonyl (C=O) groups excluding carboxylic acids is 1. The van der Waals surface area contributed by atoms with Gasteiger partial charge in [-0.2, -0.15) is 0 Å². The van der Waals surface area contributed by atoms with E-state index in [0.29, 0.717) is 19.3 Å². The van der Waals surface area contributed by atoms with Gasteiger partial charge in [-0.1, -0.05) is 122 Å². The van der Waals surface area contributed by atoms with Crippen LogP contribution in [0.5, 0.6) is 0 Å². The third-order valence-electron chi connectivity index (χ3n) is 8.73. The molecule has 0 saturated carbocycles. The molecule has 1 fully saturated rings. The van der Waals surface area contributed by atoms with Crippen LogP contribution in [0.2, 0.25) is 0 Å². The Bertz CT molecular complexity index is 738. The smallest absolute Gasteiger partial charge is 0.249 e. The zero-order chi connectivity index (χ0) is 33.3. The molecule has 1 aliphatic rings. The minimum atomic E-state index is -1.59. The summed E-state index contributed by atoms with van der Waals surface area (Å²) in [7, 11) is 0. The van der Waals surface area contributed by atoms with Crippen molar-refractivity contribution in [2.45, 2.75) is 191 Å². The highest BCUT2D eigenvalue weighted by Crippen LogP contribution is 2.23. The van der Waals surface area contributed by atoms with Crippen LogP contribution in [0.25, 0.3) is 0 Å². The van der Waals surface area contributed by atoms with Crippen LogP contribution in [-0.4, -0.2) is 98.7 Å². The highest BCUT2D eigenvalue weighted by atomic mass is 16.7. The van der Waals surface area contributed by atoms with Gasteiger partial charge in [-0.05, 0) is 32.1 Å². The fraction of sp³-hybridized carbons (Fsp3) is 0.914. The summed E-state index contributed by atoms with van der Waals surface area (Å²) in [5.74, 6) is -0.602. The first kappa shape index (κ1) is 41.9. The summed E-state index contributed by atoms with van der Waals surface area (Å²) in [6.45, 7) is 3.55. The first-order chi connectivity index (χ1) is 21.8. The Morgan fingerprint density at radius 1 is 0.733 bits per heavy atom. The van der Waals surface area contributed by atoms with E-state index in [2.05, 4.69) is 31.3 Å². The first-order valence-corrected chi connectivity index (χ1v) is 18.0. The van der Waals surface area contributed by atoms with Crippen molar-refractivity contribution < 1.29 is 44.9 Å². The summed E-state index contributed by atoms with van der Waals surface area (Å²) in [4.78, 5) is 12.9. The lowest BCUT2D eigenvalue weighted by atomic mass is 9.99. The maximum absolute atomic E-state index is 12.9. The van der Waals surface area contributed by atoms with Crippen molar-refractivity contribution in [2.24, 2.45) is 0 Å². The molecule has 8 atom stereocenters. The molecule has 0 aliphatic carbocycles. The fourth-order valence-corrected chi connectivity index (χ4v) is 5.62. The van der Waals surface area contributed by atoms with E-state index in [0.717, 1.165) is 51.4 Å². The number of hydrogen-bond donors (Lipinski definition) is 7. The van der Waals surface area contributed by atoms with Crippen LogP contribution in [0, 0.1) is 0 Å². The number of allylic oxidation sites excluding steroid dienone is 2. The number of aliphatic hydroxyl groups is 6. The van der Waals surface area contributed by atoms with Gasteiger partial charge in [0.1, 0.15) is 30.5 Å². The Morgan fingerprint density at radius 3 is 1.87 bits per heavy atom. The van der Waals surface area contributed by atoms with Gasteiger partial charge in [0.05, 0.1) is 25.4 Å². The Labute approximate surface area is 272 Å². The molecule has 0 aromatic carbocycles. The summed E-state index contributed by atoms with van der Waals surface area (Å²) in [5.41, 5.74) is 0. The number of unbranched alkanes of at least 4 members (excludes halogenated alkanes) is 15. The van der Waals surface area contributed by atoms with Gasteiger partial charge in [0, 0.05) is 0 Å². The monoisotopic (exact) mass is 645 g/mol. The van der Waals surface area contributed by atoms with Crippen LogP contribution < -0.4 is 5.32 Å². The van der Waals surface area contributed by atoms with E-state index in [9.17, 15) is 35.4 Å². The molecule has 0 radical (unpaired) electrons. The summed E-state index contributed by atoms with van der Waals surface area (Å²) >= 11 is 0. The molecule has 0 bridgehead atoms. The van der Waals surface area contributed by atoms with Crippen molar-refractivity contribution in [3.05, 3.63) is 12.2 Å². The summed E-state index contributed by atoms with van der Waals surface area (Å²) < 4.78 is 11.1. The van der Waals surface area contributed by atoms with Crippen molar-refractivity contribution in [2.75, 3.05) is 13.2 Å². The molecule has 1 saturated heterocycles. The molecule has 10 nitrogen and oxygen atoms in total. The molecular weight excluding hydrogens is 578 g/mol. The van der Waals surface area contributed by atoms with E-state index in [4.69, 9.17) is 9.47 Å². The molecule has 1 heterocycles. The molecule has 1 rings (SSSR count). The second-order valence-electron chi connectivity index (χ2n) is 12.8. The molecule has 10 heteroatoms. The van der Waals surface area contributed by atoms with Gasteiger partial charge in [0.25, 0.3) is 0 Å². The van der Waals surface area contributed by atoms with Gasteiger partial charge in [-0.25, -0.2) is 0 Å². The van der Waals surface area contributed by atoms with E-state index >= 15 is 0 Å². The van der Waals surface area contributed by atoms with Crippen LogP contribution in [0.15, 0.2) is 12.2 Å². The Balaban J connectivity index is 2.55. The van der Waals surface area contributed by atoms with Crippen molar-refractivity contribution in [1.82, 2.24) is 5.32 Å². The molecule has 0 aromatic heterocycles. The number of aliphatic hydroxyl groups excluding tert-OH is 6. The maximum Gasteiger partial charge on any atom is 0.249 e. The lowest BCUT2D eigenvalue weighted by Gasteiger charge is -2.40. The van der Waals surface area contributed by atoms with Crippen molar-refractivity contribution in [3.8, 4) is 0 Å². The highest BCUT2D eigenvalue weighted by molar-refractivity contribution is 5.80. The number of ether oxygens (including phenoxy) is 2. The van der Waals surface area contributed by atoms with Crippen LogP contribution >= 0.6 is 0 Å². The lowest BCUT2D eigenvalue weighted by molar-refractivity contribution is -0.302. The number of amides is 1. The topological polar surface area (TPSA) is 169 Å². The van der Waals surface area contributed by atoms with E-state index in [1.165, 1.54) is 57.8 Å². The zero-order valence-electron chi connectivity index (χ0n) is 28.2. The van der Waals surface area contributed by atoms with Crippen LogP contribution in [-0.2, 0) is 14.3 Å². The number of carbonyl (C=O) groups is 1. The standard InChI is InChI=1S/C35H67NO9/c1-3-5-7-9-11-13-14-16-17-19-21-23-28(38)27(26-44-35-33(42)32(41)31(40)30(25-37)45-35)36-34(43)29(39)24-22-20-18-15-12-10-8-6-4-2/h10,12,27-33,35,37-42H,3-9,11,13-26H2,1-2H3,(H,36,43)/b12-10-. The second kappa shape index (κ2) is 26.9. The molecule has 7 N–H and O–H groups in total. The molecule has 1 aliphatic heterocycles. The molecule has 0 spiro atoms. The van der Waals surface area contributed by atoms with Gasteiger partial charge in [-0.3, -0.25) is 4.79 Å². The zero-order valence-corrected chi connectivity index (χ0v) is 28.2. The third kappa shape index (κ3) is 18.7. The Hall–Kier alpha value is -1.11. The normalized spacial score (nSPS) is 24.1. The van der Waals surface area contributed by atoms with E-state index in [1.54, 1.807) is 0 Å². The molecule has 8 unspecified atom stereocenters. The van der Waals surface area contributed by atoms with Crippen molar-refractivity contribution in [3.63, 3.8) is 0 Å². The van der Waals surface area contributed by atoms with Gasteiger partial charge in [0.2, 0.25) is 5.91 Å². The molecule has 266 valence electrons. The molecule has 0 aromatic rings. The average molecular weight is 646 g/mol. The van der Waals surface area contributed by atoms with Gasteiger partial charge in [0.15, 0.2) is 6.29 Å². The molecule has 45 heavy (non-hydrogen) atoms. The Morgan fingerprint density at radius 2 is 1.27 bits per heavy atom. The van der Waals surface area contributed by atoms with Crippen molar-refractivity contribution >= 4 is 5.91 Å². The maximum atomic E-state index is 12.9. The SMILES string of the molecule is CCCC/C=C\CCCCCC(O)C(=O)NC(COC1OC(CO)C(O)C(O)C1O)C(O)CCCCCCCCCCCCC. The number of hydrogen-bond acceptors (Lipinski definition) is 9. The third-order valence-corrected chi connectivity index (χ3v) is 8.73. The Kier molecular flexibility index (Phi) is 25.1. The van der Waals surface area contributed by atoms with Crippen LogP contribution in [0.4, 0.5) is 0 Å². The fourth-order valence-electron chi connectivity index (χ4n) is 5.62. The van der Waals surface area contributed by atoms with Gasteiger partial charge in [-0.15, -0.1) is 0 Å². The highest BCUT2D eigenvalue weighted by Gasteiger charge is 2.44. The molecular formula is C35H67NO9. The quantitative estimate of drug-likeness (QED) is 0.0481. The van der Waals surface area contributed by atoms with Crippen molar-refractivity contribution in [1.29, 1.82) is 0 Å². The van der Waals surface area contributed by atoms with Crippen LogP contribution in [0.1, 0.15) is 142 Å². The van der Waals surface area contributed by atoms with E-state index < -0.39 is 61.5 Å². The van der Waals surface area contributed by atoms with E-state index in [-0.39, 0.29) is 6.61 Å². The summed E-state index contributed by atoms with van der Waals surface area (Å²) in [6, 6.07) is -0.893. The first-order valence-electron chi connectivity index (χ1n) is 18.0. The minimum Gasteiger partial charge on any atom is -0.394 e. The molecule has 1 amide bonds. The summed E-state index contributed by atoms with van der Waals surface area (Å²) in [6.07, 6.45) is 15.7. The van der Waals surface area contributed by atoms with Gasteiger partial charge >= 0.3 is 0 Å². The van der Waals surface area contributed by atoms with Crippen LogP contribution in [0.3, 0.4) is 0 Å². The largest absolute Gasteiger partial charge is 0.394 e.